The van der Waals surface area contributed by atoms with Crippen LogP contribution in [-0.2, 0) is 21.6 Å². The summed E-state index contributed by atoms with van der Waals surface area (Å²) in [4.78, 5) is 15.3. The van der Waals surface area contributed by atoms with E-state index in [1.165, 1.54) is 5.56 Å². The largest absolute Gasteiger partial charge is 0.381 e. The number of benzene rings is 3. The molecular weight excluding hydrogens is 452 g/mol. The van der Waals surface area contributed by atoms with Crippen LogP contribution in [0.15, 0.2) is 89.4 Å². The molecule has 0 spiro atoms. The van der Waals surface area contributed by atoms with Gasteiger partial charge in [0.2, 0.25) is 5.91 Å². The lowest BCUT2D eigenvalue weighted by Gasteiger charge is -2.39. The number of carbonyl (C=O) groups is 1. The molecule has 0 atom stereocenters. The van der Waals surface area contributed by atoms with Crippen molar-refractivity contribution in [3.05, 3.63) is 101 Å². The maximum Gasteiger partial charge on any atom is 0.241 e. The zero-order valence-corrected chi connectivity index (χ0v) is 19.1. The van der Waals surface area contributed by atoms with Gasteiger partial charge in [-0.3, -0.25) is 10.1 Å². The molecule has 160 valence electrons. The molecule has 0 aliphatic carbocycles. The number of nitrogens with zero attached hydrogens (tertiary/aromatic N) is 1. The van der Waals surface area contributed by atoms with E-state index in [9.17, 15) is 4.79 Å². The molecule has 0 unspecified atom stereocenters. The van der Waals surface area contributed by atoms with Gasteiger partial charge in [-0.25, -0.2) is 0 Å². The van der Waals surface area contributed by atoms with Gasteiger partial charge in [-0.2, -0.15) is 0 Å². The second-order valence-electron chi connectivity index (χ2n) is 7.86. The topological polar surface area (TPSA) is 41.6 Å². The first-order valence-corrected chi connectivity index (χ1v) is 11.4. The van der Waals surface area contributed by atoms with Crippen molar-refractivity contribution in [2.75, 3.05) is 24.7 Å². The van der Waals surface area contributed by atoms with Crippen LogP contribution in [0, 0.1) is 0 Å². The lowest BCUT2D eigenvalue weighted by atomic mass is 9.82. The van der Waals surface area contributed by atoms with Gasteiger partial charge < -0.3 is 9.64 Å². The minimum Gasteiger partial charge on any atom is -0.381 e. The summed E-state index contributed by atoms with van der Waals surface area (Å²) in [6, 6.07) is 28.3. The van der Waals surface area contributed by atoms with Gasteiger partial charge in [0.15, 0.2) is 0 Å². The molecule has 4 nitrogen and oxygen atoms in total. The highest BCUT2D eigenvalue weighted by molar-refractivity contribution is 9.10. The Balaban J connectivity index is 1.55. The summed E-state index contributed by atoms with van der Waals surface area (Å²) in [7, 11) is 0. The van der Waals surface area contributed by atoms with E-state index in [1.807, 2.05) is 65.6 Å². The van der Waals surface area contributed by atoms with E-state index in [0.717, 1.165) is 28.6 Å². The average molecular weight is 479 g/mol. The van der Waals surface area contributed by atoms with Crippen molar-refractivity contribution in [3.63, 3.8) is 0 Å². The molecule has 1 amide bonds. The Labute approximate surface area is 192 Å². The first-order valence-electron chi connectivity index (χ1n) is 10.6. The molecule has 0 bridgehead atoms. The number of hydrogen-bond acceptors (Lipinski definition) is 3. The normalized spacial score (nSPS) is 15.4. The zero-order valence-electron chi connectivity index (χ0n) is 17.5. The van der Waals surface area contributed by atoms with E-state index in [-0.39, 0.29) is 18.0 Å². The molecule has 1 saturated heterocycles. The fourth-order valence-electron chi connectivity index (χ4n) is 4.11. The van der Waals surface area contributed by atoms with Gasteiger partial charge in [0, 0.05) is 28.9 Å². The fraction of sp³-hybridized carbons (Fsp3) is 0.269. The van der Waals surface area contributed by atoms with Gasteiger partial charge in [0.05, 0.1) is 13.1 Å². The van der Waals surface area contributed by atoms with Crippen LogP contribution in [0.4, 0.5) is 5.69 Å². The summed E-state index contributed by atoms with van der Waals surface area (Å²) in [5.74, 6) is 0.0518. The van der Waals surface area contributed by atoms with Crippen LogP contribution in [0.5, 0.6) is 0 Å². The van der Waals surface area contributed by atoms with E-state index < -0.39 is 0 Å². The number of ether oxygens (including phenoxy) is 1. The van der Waals surface area contributed by atoms with Gasteiger partial charge in [0.1, 0.15) is 0 Å². The van der Waals surface area contributed by atoms with Crippen molar-refractivity contribution in [1.82, 2.24) is 5.32 Å². The number of rotatable bonds is 7. The second kappa shape index (κ2) is 10.2. The molecule has 5 heteroatoms. The molecule has 0 aromatic heterocycles. The molecule has 1 aliphatic heterocycles. The Hall–Kier alpha value is -2.47. The smallest absolute Gasteiger partial charge is 0.241 e. The van der Waals surface area contributed by atoms with E-state index in [4.69, 9.17) is 4.74 Å². The van der Waals surface area contributed by atoms with E-state index in [1.54, 1.807) is 0 Å². The predicted molar refractivity (Wildman–Crippen MR) is 128 cm³/mol. The summed E-state index contributed by atoms with van der Waals surface area (Å²) >= 11 is 3.59. The Morgan fingerprint density at radius 1 is 0.935 bits per heavy atom. The van der Waals surface area contributed by atoms with Gasteiger partial charge in [0.25, 0.3) is 0 Å². The highest BCUT2D eigenvalue weighted by atomic mass is 79.9. The minimum atomic E-state index is -0.271. The summed E-state index contributed by atoms with van der Waals surface area (Å²) in [5, 5.41) is 3.62. The first kappa shape index (κ1) is 21.8. The number of carbonyl (C=O) groups excluding carboxylic acids is 1. The standard InChI is InChI=1S/C26H27BrN2O2/c27-23-11-7-10-22(18-23)26(14-16-31-17-15-26)28-19-25(30)29(24-12-5-2-6-13-24)20-21-8-3-1-4-9-21/h1-13,18,28H,14-17,19-20H2. The van der Waals surface area contributed by atoms with Crippen LogP contribution in [0.2, 0.25) is 0 Å². The third kappa shape index (κ3) is 5.42. The molecular formula is C26H27BrN2O2. The summed E-state index contributed by atoms with van der Waals surface area (Å²) in [6.45, 7) is 2.16. The molecule has 0 saturated carbocycles. The second-order valence-corrected chi connectivity index (χ2v) is 8.78. The molecule has 1 N–H and O–H groups in total. The molecule has 1 fully saturated rings. The maximum atomic E-state index is 13.5. The number of nitrogens with one attached hydrogen (secondary N) is 1. The Morgan fingerprint density at radius 3 is 2.29 bits per heavy atom. The highest BCUT2D eigenvalue weighted by Crippen LogP contribution is 2.33. The first-order chi connectivity index (χ1) is 15.2. The summed E-state index contributed by atoms with van der Waals surface area (Å²) < 4.78 is 6.67. The maximum absolute atomic E-state index is 13.5. The van der Waals surface area contributed by atoms with Crippen molar-refractivity contribution in [3.8, 4) is 0 Å². The SMILES string of the molecule is O=C(CNC1(c2cccc(Br)c2)CCOCC1)N(Cc1ccccc1)c1ccccc1. The number of hydrogen-bond donors (Lipinski definition) is 1. The van der Waals surface area contributed by atoms with Crippen LogP contribution in [0.1, 0.15) is 24.0 Å². The van der Waals surface area contributed by atoms with Crippen molar-refractivity contribution in [2.45, 2.75) is 24.9 Å². The van der Waals surface area contributed by atoms with Crippen LogP contribution >= 0.6 is 15.9 Å². The minimum absolute atomic E-state index is 0.0518. The van der Waals surface area contributed by atoms with Gasteiger partial charge in [-0.1, -0.05) is 76.6 Å². The van der Waals surface area contributed by atoms with Crippen molar-refractivity contribution >= 4 is 27.5 Å². The average Bonchev–Trinajstić information content (AvgIpc) is 2.83. The fourth-order valence-corrected chi connectivity index (χ4v) is 4.51. The quantitative estimate of drug-likeness (QED) is 0.502. The Morgan fingerprint density at radius 2 is 1.61 bits per heavy atom. The molecule has 1 heterocycles. The Bertz CT molecular complexity index is 989. The lowest BCUT2D eigenvalue weighted by Crippen LogP contribution is -2.50. The summed E-state index contributed by atoms with van der Waals surface area (Å²) in [6.07, 6.45) is 1.67. The van der Waals surface area contributed by atoms with E-state index in [2.05, 4.69) is 45.5 Å². The van der Waals surface area contributed by atoms with E-state index >= 15 is 0 Å². The van der Waals surface area contributed by atoms with Crippen molar-refractivity contribution in [2.24, 2.45) is 0 Å². The Kier molecular flexibility index (Phi) is 7.17. The lowest BCUT2D eigenvalue weighted by molar-refractivity contribution is -0.118. The number of halogens is 1. The van der Waals surface area contributed by atoms with Crippen molar-refractivity contribution in [1.29, 1.82) is 0 Å². The number of amides is 1. The van der Waals surface area contributed by atoms with Gasteiger partial charge in [-0.05, 0) is 48.2 Å². The molecule has 3 aromatic rings. The van der Waals surface area contributed by atoms with E-state index in [0.29, 0.717) is 19.8 Å². The molecule has 1 aliphatic rings. The van der Waals surface area contributed by atoms with Crippen LogP contribution < -0.4 is 10.2 Å². The molecule has 31 heavy (non-hydrogen) atoms. The third-order valence-electron chi connectivity index (χ3n) is 5.85. The molecule has 3 aromatic carbocycles. The van der Waals surface area contributed by atoms with Crippen molar-refractivity contribution < 1.29 is 9.53 Å². The van der Waals surface area contributed by atoms with Gasteiger partial charge in [-0.15, -0.1) is 0 Å². The van der Waals surface area contributed by atoms with Crippen LogP contribution in [0.3, 0.4) is 0 Å². The number of anilines is 1. The van der Waals surface area contributed by atoms with Gasteiger partial charge >= 0.3 is 0 Å². The zero-order chi connectivity index (χ0) is 21.5. The highest BCUT2D eigenvalue weighted by Gasteiger charge is 2.35. The molecule has 4 rings (SSSR count). The van der Waals surface area contributed by atoms with Crippen LogP contribution in [0.25, 0.3) is 0 Å². The van der Waals surface area contributed by atoms with Crippen LogP contribution in [-0.4, -0.2) is 25.7 Å². The summed E-state index contributed by atoms with van der Waals surface area (Å²) in [5.41, 5.74) is 2.92. The predicted octanol–water partition coefficient (Wildman–Crippen LogP) is 5.28. The monoisotopic (exact) mass is 478 g/mol. The third-order valence-corrected chi connectivity index (χ3v) is 6.35. The molecule has 0 radical (unpaired) electrons. The number of para-hydroxylation sites is 1.